The lowest BCUT2D eigenvalue weighted by Crippen LogP contribution is -2.56. The third-order valence-electron chi connectivity index (χ3n) is 9.87. The van der Waals surface area contributed by atoms with Gasteiger partial charge in [-0.2, -0.15) is 4.31 Å². The van der Waals surface area contributed by atoms with Crippen molar-refractivity contribution in [2.75, 3.05) is 13.1 Å². The van der Waals surface area contributed by atoms with Crippen LogP contribution in [0.15, 0.2) is 45.0 Å². The normalized spacial score (nSPS) is 39.8. The number of aliphatic hydroxyl groups excluding tert-OH is 1. The van der Waals surface area contributed by atoms with Crippen LogP contribution >= 0.6 is 11.3 Å². The van der Waals surface area contributed by atoms with E-state index in [4.69, 9.17) is 0 Å². The molecule has 0 aromatic carbocycles. The highest BCUT2D eigenvalue weighted by Gasteiger charge is 2.62. The molecule has 0 aliphatic heterocycles. The summed E-state index contributed by atoms with van der Waals surface area (Å²) in [6.07, 6.45) is 11.1. The summed E-state index contributed by atoms with van der Waals surface area (Å²) in [5.41, 5.74) is 1.55. The van der Waals surface area contributed by atoms with Crippen molar-refractivity contribution in [1.29, 1.82) is 0 Å². The minimum Gasteiger partial charge on any atom is -0.393 e. The van der Waals surface area contributed by atoms with Gasteiger partial charge in [0.2, 0.25) is 0 Å². The van der Waals surface area contributed by atoms with Crippen molar-refractivity contribution in [3.05, 3.63) is 40.8 Å². The second-order valence-corrected chi connectivity index (χ2v) is 14.7. The number of fused-ring (bicyclic) bond motifs is 5. The molecule has 188 valence electrons. The van der Waals surface area contributed by atoms with E-state index in [0.29, 0.717) is 29.5 Å². The van der Waals surface area contributed by atoms with Crippen LogP contribution in [0.4, 0.5) is 0 Å². The molecular weight excluding hydrogens is 466 g/mol. The van der Waals surface area contributed by atoms with Gasteiger partial charge < -0.3 is 10.2 Å². The van der Waals surface area contributed by atoms with Gasteiger partial charge in [0, 0.05) is 18.5 Å². The molecule has 0 radical (unpaired) electrons. The van der Waals surface area contributed by atoms with Gasteiger partial charge in [-0.15, -0.1) is 11.3 Å². The molecule has 4 aliphatic rings. The van der Waals surface area contributed by atoms with E-state index in [1.54, 1.807) is 17.5 Å². The van der Waals surface area contributed by atoms with Crippen LogP contribution in [0.25, 0.3) is 0 Å². The van der Waals surface area contributed by atoms with Gasteiger partial charge >= 0.3 is 0 Å². The first-order chi connectivity index (χ1) is 16.0. The lowest BCUT2D eigenvalue weighted by Gasteiger charge is -2.56. The Balaban J connectivity index is 1.45. The molecule has 3 fully saturated rings. The van der Waals surface area contributed by atoms with Gasteiger partial charge in [0.15, 0.2) is 0 Å². The second kappa shape index (κ2) is 8.55. The topological polar surface area (TPSA) is 77.8 Å². The number of allylic oxidation sites excluding steroid dienone is 3. The van der Waals surface area contributed by atoms with Gasteiger partial charge in [0.1, 0.15) is 4.21 Å². The first-order valence-corrected chi connectivity index (χ1v) is 15.2. The minimum atomic E-state index is -3.62. The summed E-state index contributed by atoms with van der Waals surface area (Å²) in [6, 6.07) is 3.43. The molecule has 7 heteroatoms. The molecule has 6 atom stereocenters. The predicted octanol–water partition coefficient (Wildman–Crippen LogP) is 5.12. The summed E-state index contributed by atoms with van der Waals surface area (Å²) in [4.78, 5) is 0. The maximum atomic E-state index is 13.4. The number of hydrogen-bond donors (Lipinski definition) is 2. The number of rotatable bonds is 6. The molecule has 1 heterocycles. The smallest absolute Gasteiger partial charge is 0.252 e. The third-order valence-corrected chi connectivity index (χ3v) is 13.1. The number of hydrogen-bond acceptors (Lipinski definition) is 5. The van der Waals surface area contributed by atoms with Crippen LogP contribution < -0.4 is 0 Å². The summed E-state index contributed by atoms with van der Waals surface area (Å²) < 4.78 is 28.7. The Bertz CT molecular complexity index is 1090. The Morgan fingerprint density at radius 3 is 2.59 bits per heavy atom. The zero-order valence-electron chi connectivity index (χ0n) is 20.7. The molecule has 3 saturated carbocycles. The maximum Gasteiger partial charge on any atom is 0.252 e. The fourth-order valence-corrected chi connectivity index (χ4v) is 10.4. The van der Waals surface area contributed by atoms with Crippen LogP contribution in [-0.4, -0.2) is 47.7 Å². The molecule has 4 aliphatic carbocycles. The molecule has 34 heavy (non-hydrogen) atoms. The molecule has 5 nitrogen and oxygen atoms in total. The lowest BCUT2D eigenvalue weighted by molar-refractivity contribution is -0.0927. The summed E-state index contributed by atoms with van der Waals surface area (Å²) in [6.45, 7) is 7.15. The van der Waals surface area contributed by atoms with Crippen LogP contribution in [0.2, 0.25) is 0 Å². The van der Waals surface area contributed by atoms with E-state index >= 15 is 0 Å². The van der Waals surface area contributed by atoms with E-state index in [0.717, 1.165) is 38.5 Å². The van der Waals surface area contributed by atoms with Crippen LogP contribution in [-0.2, 0) is 10.0 Å². The highest BCUT2D eigenvalue weighted by molar-refractivity contribution is 7.91. The Labute approximate surface area is 208 Å². The van der Waals surface area contributed by atoms with Crippen molar-refractivity contribution in [1.82, 2.24) is 4.31 Å². The molecule has 2 N–H and O–H groups in total. The van der Waals surface area contributed by atoms with Crippen LogP contribution in [0.3, 0.4) is 0 Å². The van der Waals surface area contributed by atoms with Crippen LogP contribution in [0, 0.1) is 22.7 Å². The molecule has 1 aromatic rings. The van der Waals surface area contributed by atoms with Crippen molar-refractivity contribution < 1.29 is 18.6 Å². The van der Waals surface area contributed by atoms with Crippen molar-refractivity contribution >= 4 is 21.4 Å². The molecule has 0 saturated heterocycles. The zero-order valence-corrected chi connectivity index (χ0v) is 22.3. The average Bonchev–Trinajstić information content (AvgIpc) is 3.42. The zero-order chi connectivity index (χ0) is 24.4. The highest BCUT2D eigenvalue weighted by Crippen LogP contribution is 2.66. The summed E-state index contributed by atoms with van der Waals surface area (Å²) in [5.74, 6) is 0.729. The van der Waals surface area contributed by atoms with E-state index in [1.807, 2.05) is 6.92 Å². The minimum absolute atomic E-state index is 0.0993. The highest BCUT2D eigenvalue weighted by atomic mass is 32.2. The van der Waals surface area contributed by atoms with E-state index < -0.39 is 15.6 Å². The average molecular weight is 506 g/mol. The number of thiophene rings is 1. The quantitative estimate of drug-likeness (QED) is 0.562. The molecule has 0 spiro atoms. The van der Waals surface area contributed by atoms with Gasteiger partial charge in [0.05, 0.1) is 11.7 Å². The Kier molecular flexibility index (Phi) is 6.21. The van der Waals surface area contributed by atoms with Crippen molar-refractivity contribution in [3.8, 4) is 0 Å². The van der Waals surface area contributed by atoms with Gasteiger partial charge in [-0.05, 0) is 80.1 Å². The SMILES string of the molecule is CCCN(CC1(O)CCC2C3=CC=C4CC(O)CCC4(C)C3CCC21C)S(=O)(=O)c1cccs1. The fraction of sp³-hybridized carbons (Fsp3) is 0.704. The van der Waals surface area contributed by atoms with Gasteiger partial charge in [-0.25, -0.2) is 8.42 Å². The van der Waals surface area contributed by atoms with Crippen molar-refractivity contribution in [3.63, 3.8) is 0 Å². The largest absolute Gasteiger partial charge is 0.393 e. The molecule has 0 amide bonds. The predicted molar refractivity (Wildman–Crippen MR) is 136 cm³/mol. The maximum absolute atomic E-state index is 13.4. The van der Waals surface area contributed by atoms with E-state index in [1.165, 1.54) is 26.8 Å². The van der Waals surface area contributed by atoms with Crippen LogP contribution in [0.5, 0.6) is 0 Å². The molecular formula is C27H39NO4S2. The Hall–Kier alpha value is -0.990. The molecule has 6 unspecified atom stereocenters. The fourth-order valence-electron chi connectivity index (χ4n) is 7.72. The first-order valence-electron chi connectivity index (χ1n) is 12.9. The summed E-state index contributed by atoms with van der Waals surface area (Å²) >= 11 is 1.24. The van der Waals surface area contributed by atoms with E-state index in [-0.39, 0.29) is 29.4 Å². The first kappa shape index (κ1) is 24.7. The van der Waals surface area contributed by atoms with Gasteiger partial charge in [0.25, 0.3) is 10.0 Å². The third kappa shape index (κ3) is 3.61. The Morgan fingerprint density at radius 1 is 1.12 bits per heavy atom. The summed E-state index contributed by atoms with van der Waals surface area (Å²) in [7, 11) is -3.62. The molecule has 5 rings (SSSR count). The van der Waals surface area contributed by atoms with Crippen molar-refractivity contribution in [2.24, 2.45) is 22.7 Å². The van der Waals surface area contributed by atoms with Crippen molar-refractivity contribution in [2.45, 2.75) is 88.1 Å². The number of sulfonamides is 1. The van der Waals surface area contributed by atoms with E-state index in [2.05, 4.69) is 26.0 Å². The molecule has 0 bridgehead atoms. The number of nitrogens with zero attached hydrogens (tertiary/aromatic N) is 1. The van der Waals surface area contributed by atoms with E-state index in [9.17, 15) is 18.6 Å². The lowest BCUT2D eigenvalue weighted by atomic mass is 9.50. The van der Waals surface area contributed by atoms with Crippen LogP contribution in [0.1, 0.15) is 72.1 Å². The monoisotopic (exact) mass is 505 g/mol. The second-order valence-electron chi connectivity index (χ2n) is 11.6. The van der Waals surface area contributed by atoms with Gasteiger partial charge in [-0.1, -0.05) is 50.1 Å². The summed E-state index contributed by atoms with van der Waals surface area (Å²) in [5, 5.41) is 24.2. The van der Waals surface area contributed by atoms with Gasteiger partial charge in [-0.3, -0.25) is 0 Å². The standard InChI is InChI=1S/C27H39NO4S2/c1-4-15-28(34(31,32)24-6-5-16-33-24)18-27(30)14-11-23-21-8-7-19-17-20(29)9-12-25(19,2)22(21)10-13-26(23,27)3/h5-8,16,20,22-23,29-30H,4,9-15,17-18H2,1-3H3. The Morgan fingerprint density at radius 2 is 1.88 bits per heavy atom. The molecule has 1 aromatic heterocycles. The number of aliphatic hydroxyl groups is 2.